The van der Waals surface area contributed by atoms with Crippen LogP contribution in [0.25, 0.3) is 0 Å². The maximum absolute atomic E-state index is 12.6. The van der Waals surface area contributed by atoms with Crippen LogP contribution in [0, 0.1) is 5.41 Å². The second kappa shape index (κ2) is 3.66. The van der Waals surface area contributed by atoms with Crippen LogP contribution in [0.2, 0.25) is 0 Å². The van der Waals surface area contributed by atoms with Gasteiger partial charge < -0.3 is 5.32 Å². The number of carbonyl (C=O) groups excluding carboxylic acids is 1. The van der Waals surface area contributed by atoms with Crippen LogP contribution in [0.4, 0.5) is 18.9 Å². The number of nitrogens with one attached hydrogen (secondary N) is 1. The first-order chi connectivity index (χ1) is 8.41. The predicted octanol–water partition coefficient (Wildman–Crippen LogP) is 3.53. The van der Waals surface area contributed by atoms with Crippen molar-refractivity contribution < 1.29 is 18.0 Å². The highest BCUT2D eigenvalue weighted by atomic mass is 32.2. The number of hydrogen-bond acceptors (Lipinski definition) is 2. The van der Waals surface area contributed by atoms with E-state index in [-0.39, 0.29) is 17.0 Å². The molecule has 1 aliphatic heterocycles. The second-order valence-electron chi connectivity index (χ2n) is 4.73. The molecule has 1 heterocycles. The first-order valence-corrected chi connectivity index (χ1v) is 6.55. The molecular formula is C12H10F3NOS. The van der Waals surface area contributed by atoms with Gasteiger partial charge in [-0.05, 0) is 31.0 Å². The van der Waals surface area contributed by atoms with Crippen LogP contribution >= 0.6 is 11.8 Å². The third-order valence-electron chi connectivity index (χ3n) is 3.39. The summed E-state index contributed by atoms with van der Waals surface area (Å²) < 4.78 is 37.8. The average molecular weight is 273 g/mol. The number of fused-ring (bicyclic) bond motifs is 1. The molecule has 0 saturated heterocycles. The molecule has 0 atom stereocenters. The Morgan fingerprint density at radius 3 is 2.61 bits per heavy atom. The molecule has 2 nitrogen and oxygen atoms in total. The van der Waals surface area contributed by atoms with Crippen molar-refractivity contribution in [1.29, 1.82) is 0 Å². The molecule has 1 amide bonds. The van der Waals surface area contributed by atoms with Gasteiger partial charge in [-0.1, -0.05) is 0 Å². The van der Waals surface area contributed by atoms with E-state index >= 15 is 0 Å². The summed E-state index contributed by atoms with van der Waals surface area (Å²) in [6.07, 6.45) is -2.73. The van der Waals surface area contributed by atoms with Gasteiger partial charge in [-0.25, -0.2) is 0 Å². The Morgan fingerprint density at radius 2 is 2.00 bits per heavy atom. The highest BCUT2D eigenvalue weighted by Gasteiger charge is 2.51. The molecule has 1 fully saturated rings. The number of rotatable bonds is 0. The summed E-state index contributed by atoms with van der Waals surface area (Å²) in [6, 6.07) is 3.51. The van der Waals surface area contributed by atoms with E-state index in [2.05, 4.69) is 5.32 Å². The number of amides is 1. The van der Waals surface area contributed by atoms with E-state index < -0.39 is 11.7 Å². The molecule has 0 radical (unpaired) electrons. The highest BCUT2D eigenvalue weighted by molar-refractivity contribution is 7.99. The van der Waals surface area contributed by atoms with E-state index in [1.54, 1.807) is 0 Å². The topological polar surface area (TPSA) is 29.1 Å². The van der Waals surface area contributed by atoms with Crippen LogP contribution < -0.4 is 5.32 Å². The van der Waals surface area contributed by atoms with Crippen molar-refractivity contribution in [1.82, 2.24) is 0 Å². The van der Waals surface area contributed by atoms with Gasteiger partial charge in [0.05, 0.1) is 16.7 Å². The quantitative estimate of drug-likeness (QED) is 0.783. The van der Waals surface area contributed by atoms with E-state index in [4.69, 9.17) is 0 Å². The molecule has 1 aliphatic carbocycles. The number of carbonyl (C=O) groups is 1. The number of halogens is 3. The van der Waals surface area contributed by atoms with Gasteiger partial charge in [-0.2, -0.15) is 13.2 Å². The fraction of sp³-hybridized carbons (Fsp3) is 0.417. The van der Waals surface area contributed by atoms with Gasteiger partial charge in [0.2, 0.25) is 5.91 Å². The summed E-state index contributed by atoms with van der Waals surface area (Å²) in [5.41, 5.74) is -0.792. The lowest BCUT2D eigenvalue weighted by Gasteiger charge is -2.11. The Hall–Kier alpha value is -1.17. The lowest BCUT2D eigenvalue weighted by Crippen LogP contribution is -2.24. The Kier molecular flexibility index (Phi) is 2.42. The lowest BCUT2D eigenvalue weighted by molar-refractivity contribution is -0.137. The predicted molar refractivity (Wildman–Crippen MR) is 62.5 cm³/mol. The molecule has 6 heteroatoms. The fourth-order valence-electron chi connectivity index (χ4n) is 1.99. The average Bonchev–Trinajstić information content (AvgIpc) is 3.07. The van der Waals surface area contributed by atoms with Crippen molar-refractivity contribution in [2.24, 2.45) is 5.41 Å². The molecule has 1 aromatic carbocycles. The third-order valence-corrected chi connectivity index (χ3v) is 4.76. The molecule has 18 heavy (non-hydrogen) atoms. The van der Waals surface area contributed by atoms with E-state index in [1.165, 1.54) is 17.8 Å². The summed E-state index contributed by atoms with van der Waals surface area (Å²) in [4.78, 5) is 12.6. The van der Waals surface area contributed by atoms with Crippen LogP contribution in [0.5, 0.6) is 0 Å². The molecular weight excluding hydrogens is 263 g/mol. The van der Waals surface area contributed by atoms with E-state index in [9.17, 15) is 18.0 Å². The zero-order valence-electron chi connectivity index (χ0n) is 9.30. The largest absolute Gasteiger partial charge is 0.416 e. The zero-order chi connectivity index (χ0) is 13.0. The van der Waals surface area contributed by atoms with Gasteiger partial charge >= 0.3 is 6.18 Å². The van der Waals surface area contributed by atoms with E-state index in [0.29, 0.717) is 10.6 Å². The smallest absolute Gasteiger partial charge is 0.325 e. The molecule has 1 N–H and O–H groups in total. The molecule has 0 aromatic heterocycles. The highest BCUT2D eigenvalue weighted by Crippen LogP contribution is 2.53. The van der Waals surface area contributed by atoms with Gasteiger partial charge in [-0.15, -0.1) is 11.8 Å². The fourth-order valence-corrected chi connectivity index (χ4v) is 3.27. The third kappa shape index (κ3) is 1.88. The normalized spacial score (nSPS) is 21.2. The maximum atomic E-state index is 12.6. The summed E-state index contributed by atoms with van der Waals surface area (Å²) >= 11 is 1.45. The number of benzene rings is 1. The summed E-state index contributed by atoms with van der Waals surface area (Å²) in [7, 11) is 0. The number of thioether (sulfide) groups is 1. The Labute approximate surface area is 106 Å². The standard InChI is InChI=1S/C12H10F3NOS/c13-12(14,15)7-1-2-9-8(5-7)16-10(17)11(3-4-11)6-18-9/h1-2,5H,3-4,6H2,(H,16,17). The molecule has 2 aliphatic rings. The molecule has 1 spiro atoms. The Bertz CT molecular complexity index is 523. The Morgan fingerprint density at radius 1 is 1.28 bits per heavy atom. The van der Waals surface area contributed by atoms with Crippen LogP contribution in [0.3, 0.4) is 0 Å². The van der Waals surface area contributed by atoms with Crippen LogP contribution in [0.15, 0.2) is 23.1 Å². The van der Waals surface area contributed by atoms with Gasteiger partial charge in [-0.3, -0.25) is 4.79 Å². The maximum Gasteiger partial charge on any atom is 0.416 e. The summed E-state index contributed by atoms with van der Waals surface area (Å²) in [5, 5.41) is 2.63. The van der Waals surface area contributed by atoms with Gasteiger partial charge in [0.15, 0.2) is 0 Å². The summed E-state index contributed by atoms with van der Waals surface area (Å²) in [5.74, 6) is 0.505. The molecule has 1 saturated carbocycles. The Balaban J connectivity index is 1.98. The van der Waals surface area contributed by atoms with Crippen molar-refractivity contribution >= 4 is 23.4 Å². The van der Waals surface area contributed by atoms with E-state index in [1.807, 2.05) is 0 Å². The van der Waals surface area contributed by atoms with Gasteiger partial charge in [0.1, 0.15) is 0 Å². The van der Waals surface area contributed by atoms with Gasteiger partial charge in [0.25, 0.3) is 0 Å². The lowest BCUT2D eigenvalue weighted by atomic mass is 10.1. The molecule has 1 aromatic rings. The molecule has 0 bridgehead atoms. The van der Waals surface area contributed by atoms with Crippen LogP contribution in [-0.4, -0.2) is 11.7 Å². The minimum atomic E-state index is -4.38. The van der Waals surface area contributed by atoms with Crippen molar-refractivity contribution in [2.75, 3.05) is 11.1 Å². The minimum absolute atomic E-state index is 0.145. The minimum Gasteiger partial charge on any atom is -0.325 e. The molecule has 3 rings (SSSR count). The van der Waals surface area contributed by atoms with Crippen molar-refractivity contribution in [3.8, 4) is 0 Å². The van der Waals surface area contributed by atoms with Gasteiger partial charge in [0, 0.05) is 10.6 Å². The zero-order valence-corrected chi connectivity index (χ0v) is 10.1. The molecule has 96 valence electrons. The number of anilines is 1. The number of hydrogen-bond donors (Lipinski definition) is 1. The van der Waals surface area contributed by atoms with Crippen molar-refractivity contribution in [3.63, 3.8) is 0 Å². The second-order valence-corrected chi connectivity index (χ2v) is 5.75. The van der Waals surface area contributed by atoms with Crippen LogP contribution in [-0.2, 0) is 11.0 Å². The number of alkyl halides is 3. The van der Waals surface area contributed by atoms with E-state index in [0.717, 1.165) is 25.0 Å². The van der Waals surface area contributed by atoms with Crippen molar-refractivity contribution in [3.05, 3.63) is 23.8 Å². The SMILES string of the molecule is O=C1Nc2cc(C(F)(F)F)ccc2SCC12CC2. The first-order valence-electron chi connectivity index (χ1n) is 5.56. The van der Waals surface area contributed by atoms with Crippen molar-refractivity contribution in [2.45, 2.75) is 23.9 Å². The first kappa shape index (κ1) is 11.9. The monoisotopic (exact) mass is 273 g/mol. The molecule has 0 unspecified atom stereocenters. The van der Waals surface area contributed by atoms with Crippen LogP contribution in [0.1, 0.15) is 18.4 Å². The summed E-state index contributed by atoms with van der Waals surface area (Å²) in [6.45, 7) is 0.